The van der Waals surface area contributed by atoms with Crippen LogP contribution in [0.25, 0.3) is 0 Å². The molecule has 1 amide bonds. The van der Waals surface area contributed by atoms with E-state index >= 15 is 0 Å². The normalized spacial score (nSPS) is 10.4. The Morgan fingerprint density at radius 3 is 2.36 bits per heavy atom. The van der Waals surface area contributed by atoms with Crippen LogP contribution in [-0.4, -0.2) is 12.1 Å². The van der Waals surface area contributed by atoms with Crippen molar-refractivity contribution in [2.75, 3.05) is 0 Å². The molecule has 0 spiro atoms. The lowest BCUT2D eigenvalue weighted by Crippen LogP contribution is -2.17. The summed E-state index contributed by atoms with van der Waals surface area (Å²) in [7, 11) is 0. The largest absolute Gasteiger partial charge is 0.489 e. The SMILES string of the molecule is Cc1ccc(COc2ccc(/C=N/NC(=O)c3ccc(C#N)cc3)cc2)cc1. The summed E-state index contributed by atoms with van der Waals surface area (Å²) in [4.78, 5) is 12.0. The summed E-state index contributed by atoms with van der Waals surface area (Å²) in [5.41, 5.74) is 6.58. The summed E-state index contributed by atoms with van der Waals surface area (Å²) >= 11 is 0. The van der Waals surface area contributed by atoms with Crippen LogP contribution < -0.4 is 10.2 Å². The molecule has 0 aliphatic heterocycles. The fourth-order valence-corrected chi connectivity index (χ4v) is 2.43. The molecular weight excluding hydrogens is 350 g/mol. The Kier molecular flexibility index (Phi) is 6.17. The number of rotatable bonds is 6. The van der Waals surface area contributed by atoms with Crippen molar-refractivity contribution in [1.29, 1.82) is 5.26 Å². The van der Waals surface area contributed by atoms with Gasteiger partial charge in [-0.1, -0.05) is 29.8 Å². The van der Waals surface area contributed by atoms with Gasteiger partial charge in [0.05, 0.1) is 17.8 Å². The minimum atomic E-state index is -0.334. The number of aryl methyl sites for hydroxylation is 1. The van der Waals surface area contributed by atoms with Gasteiger partial charge >= 0.3 is 0 Å². The van der Waals surface area contributed by atoms with Crippen LogP contribution in [0.15, 0.2) is 77.9 Å². The van der Waals surface area contributed by atoms with Crippen molar-refractivity contribution in [3.8, 4) is 11.8 Å². The Morgan fingerprint density at radius 2 is 1.71 bits per heavy atom. The van der Waals surface area contributed by atoms with Gasteiger partial charge in [-0.15, -0.1) is 0 Å². The number of amides is 1. The zero-order valence-corrected chi connectivity index (χ0v) is 15.4. The quantitative estimate of drug-likeness (QED) is 0.522. The molecule has 0 aliphatic rings. The second-order valence-corrected chi connectivity index (χ2v) is 6.23. The van der Waals surface area contributed by atoms with Crippen molar-refractivity contribution in [3.63, 3.8) is 0 Å². The van der Waals surface area contributed by atoms with E-state index in [1.807, 2.05) is 42.5 Å². The number of hydrogen-bond donors (Lipinski definition) is 1. The first-order valence-electron chi connectivity index (χ1n) is 8.76. The number of ether oxygens (including phenoxy) is 1. The number of hydrazone groups is 1. The smallest absolute Gasteiger partial charge is 0.271 e. The fraction of sp³-hybridized carbons (Fsp3) is 0.0870. The van der Waals surface area contributed by atoms with Gasteiger partial charge in [-0.05, 0) is 66.6 Å². The predicted molar refractivity (Wildman–Crippen MR) is 108 cm³/mol. The number of nitriles is 1. The first kappa shape index (κ1) is 18.9. The molecule has 1 N–H and O–H groups in total. The number of carbonyl (C=O) groups is 1. The third-order valence-electron chi connectivity index (χ3n) is 4.06. The van der Waals surface area contributed by atoms with Crippen LogP contribution in [0, 0.1) is 18.3 Å². The molecule has 0 radical (unpaired) electrons. The molecule has 28 heavy (non-hydrogen) atoms. The van der Waals surface area contributed by atoms with Crippen molar-refractivity contribution in [2.45, 2.75) is 13.5 Å². The molecule has 0 heterocycles. The van der Waals surface area contributed by atoms with Crippen LogP contribution in [0.1, 0.15) is 32.6 Å². The lowest BCUT2D eigenvalue weighted by atomic mass is 10.1. The van der Waals surface area contributed by atoms with Gasteiger partial charge in [0.25, 0.3) is 5.91 Å². The topological polar surface area (TPSA) is 74.5 Å². The van der Waals surface area contributed by atoms with E-state index in [0.29, 0.717) is 17.7 Å². The van der Waals surface area contributed by atoms with E-state index in [2.05, 4.69) is 29.6 Å². The van der Waals surface area contributed by atoms with Crippen LogP contribution in [0.2, 0.25) is 0 Å². The standard InChI is InChI=1S/C23H19N3O2/c1-17-2-4-20(5-3-17)16-28-22-12-8-19(9-13-22)15-25-26-23(27)21-10-6-18(14-24)7-11-21/h2-13,15H,16H2,1H3,(H,26,27)/b25-15+. The fourth-order valence-electron chi connectivity index (χ4n) is 2.43. The number of nitrogens with zero attached hydrogens (tertiary/aromatic N) is 2. The lowest BCUT2D eigenvalue weighted by Gasteiger charge is -2.07. The molecule has 0 bridgehead atoms. The number of benzene rings is 3. The van der Waals surface area contributed by atoms with Crippen LogP contribution in [0.3, 0.4) is 0 Å². The van der Waals surface area contributed by atoms with Gasteiger partial charge in [0.1, 0.15) is 12.4 Å². The van der Waals surface area contributed by atoms with Crippen LogP contribution in [0.4, 0.5) is 0 Å². The molecule has 0 saturated carbocycles. The first-order chi connectivity index (χ1) is 13.6. The Bertz CT molecular complexity index is 1000. The van der Waals surface area contributed by atoms with E-state index in [1.54, 1.807) is 30.5 Å². The summed E-state index contributed by atoms with van der Waals surface area (Å²) in [5, 5.41) is 12.7. The van der Waals surface area contributed by atoms with E-state index in [9.17, 15) is 4.79 Å². The molecule has 138 valence electrons. The average molecular weight is 369 g/mol. The van der Waals surface area contributed by atoms with E-state index in [-0.39, 0.29) is 5.91 Å². The third kappa shape index (κ3) is 5.29. The first-order valence-corrected chi connectivity index (χ1v) is 8.76. The maximum absolute atomic E-state index is 12.0. The van der Waals surface area contributed by atoms with Gasteiger partial charge < -0.3 is 4.74 Å². The van der Waals surface area contributed by atoms with Gasteiger partial charge in [-0.2, -0.15) is 10.4 Å². The second-order valence-electron chi connectivity index (χ2n) is 6.23. The molecule has 0 aromatic heterocycles. The number of carbonyl (C=O) groups excluding carboxylic acids is 1. The lowest BCUT2D eigenvalue weighted by molar-refractivity contribution is 0.0955. The van der Waals surface area contributed by atoms with Crippen molar-refractivity contribution in [3.05, 3.63) is 101 Å². The summed E-state index contributed by atoms with van der Waals surface area (Å²) in [6, 6.07) is 24.0. The van der Waals surface area contributed by atoms with Crippen LogP contribution in [0.5, 0.6) is 5.75 Å². The molecule has 5 heteroatoms. The summed E-state index contributed by atoms with van der Waals surface area (Å²) in [6.07, 6.45) is 1.56. The Morgan fingerprint density at radius 1 is 1.04 bits per heavy atom. The molecule has 0 unspecified atom stereocenters. The highest BCUT2D eigenvalue weighted by atomic mass is 16.5. The van der Waals surface area contributed by atoms with Gasteiger partial charge in [0.2, 0.25) is 0 Å². The number of hydrogen-bond acceptors (Lipinski definition) is 4. The minimum Gasteiger partial charge on any atom is -0.489 e. The minimum absolute atomic E-state index is 0.334. The van der Waals surface area contributed by atoms with E-state index in [1.165, 1.54) is 5.56 Å². The Balaban J connectivity index is 1.51. The highest BCUT2D eigenvalue weighted by molar-refractivity contribution is 5.94. The molecule has 5 nitrogen and oxygen atoms in total. The Labute approximate surface area is 163 Å². The van der Waals surface area contributed by atoms with Gasteiger partial charge in [0, 0.05) is 5.56 Å². The van der Waals surface area contributed by atoms with Crippen molar-refractivity contribution < 1.29 is 9.53 Å². The maximum atomic E-state index is 12.0. The van der Waals surface area contributed by atoms with Gasteiger partial charge in [0.15, 0.2) is 0 Å². The zero-order chi connectivity index (χ0) is 19.8. The van der Waals surface area contributed by atoms with Crippen molar-refractivity contribution in [2.24, 2.45) is 5.10 Å². The molecule has 3 aromatic rings. The van der Waals surface area contributed by atoms with Gasteiger partial charge in [-0.3, -0.25) is 4.79 Å². The van der Waals surface area contributed by atoms with Crippen LogP contribution in [-0.2, 0) is 6.61 Å². The van der Waals surface area contributed by atoms with Crippen molar-refractivity contribution >= 4 is 12.1 Å². The summed E-state index contributed by atoms with van der Waals surface area (Å²) in [5.74, 6) is 0.429. The molecule has 0 atom stereocenters. The van der Waals surface area contributed by atoms with E-state index in [0.717, 1.165) is 16.9 Å². The molecule has 0 fully saturated rings. The molecule has 0 aliphatic carbocycles. The second kappa shape index (κ2) is 9.15. The maximum Gasteiger partial charge on any atom is 0.271 e. The molecule has 3 rings (SSSR count). The molecule has 0 saturated heterocycles. The van der Waals surface area contributed by atoms with Gasteiger partial charge in [-0.25, -0.2) is 5.43 Å². The number of nitrogens with one attached hydrogen (secondary N) is 1. The molecule has 3 aromatic carbocycles. The van der Waals surface area contributed by atoms with Crippen molar-refractivity contribution in [1.82, 2.24) is 5.43 Å². The molecular formula is C23H19N3O2. The Hall–Kier alpha value is -3.91. The highest BCUT2D eigenvalue weighted by Gasteiger charge is 2.03. The van der Waals surface area contributed by atoms with Crippen LogP contribution >= 0.6 is 0 Å². The highest BCUT2D eigenvalue weighted by Crippen LogP contribution is 2.14. The zero-order valence-electron chi connectivity index (χ0n) is 15.4. The third-order valence-corrected chi connectivity index (χ3v) is 4.06. The monoisotopic (exact) mass is 369 g/mol. The predicted octanol–water partition coefficient (Wildman–Crippen LogP) is 4.21. The van der Waals surface area contributed by atoms with E-state index in [4.69, 9.17) is 10.00 Å². The summed E-state index contributed by atoms with van der Waals surface area (Å²) < 4.78 is 5.77. The average Bonchev–Trinajstić information content (AvgIpc) is 2.74. The van der Waals surface area contributed by atoms with E-state index < -0.39 is 0 Å². The summed E-state index contributed by atoms with van der Waals surface area (Å²) in [6.45, 7) is 2.56.